The molecule has 4 nitrogen and oxygen atoms in total. The van der Waals surface area contributed by atoms with Crippen LogP contribution in [-0.2, 0) is 19.1 Å². The van der Waals surface area contributed by atoms with Crippen LogP contribution < -0.4 is 0 Å². The van der Waals surface area contributed by atoms with Crippen LogP contribution in [0.4, 0.5) is 4.39 Å². The summed E-state index contributed by atoms with van der Waals surface area (Å²) in [7, 11) is 0. The van der Waals surface area contributed by atoms with Crippen LogP contribution in [-0.4, -0.2) is 31.8 Å². The fourth-order valence-electron chi connectivity index (χ4n) is 1.78. The largest absolute Gasteiger partial charge is 0.465 e. The molecule has 0 aromatic carbocycles. The molecule has 5 heteroatoms. The summed E-state index contributed by atoms with van der Waals surface area (Å²) in [5.74, 6) is -0.323. The van der Waals surface area contributed by atoms with E-state index in [4.69, 9.17) is 4.74 Å². The molecule has 0 heterocycles. The fraction of sp³-hybridized carbons (Fsp3) is 0.867. The molecule has 0 saturated carbocycles. The number of ether oxygens (including phenoxy) is 2. The lowest BCUT2D eigenvalue weighted by Crippen LogP contribution is -2.14. The van der Waals surface area contributed by atoms with Crippen LogP contribution >= 0.6 is 0 Å². The lowest BCUT2D eigenvalue weighted by molar-refractivity contribution is -0.146. The Hall–Kier alpha value is -1.13. The van der Waals surface area contributed by atoms with E-state index in [1.165, 1.54) is 0 Å². The van der Waals surface area contributed by atoms with Crippen LogP contribution in [0.5, 0.6) is 0 Å². The Morgan fingerprint density at radius 3 is 2.25 bits per heavy atom. The normalized spacial score (nSPS) is 11.9. The van der Waals surface area contributed by atoms with E-state index in [1.807, 2.05) is 0 Å². The Bertz CT molecular complexity index is 269. The maximum absolute atomic E-state index is 11.8. The minimum atomic E-state index is -0.677. The van der Waals surface area contributed by atoms with Crippen molar-refractivity contribution >= 4 is 11.9 Å². The van der Waals surface area contributed by atoms with E-state index in [0.29, 0.717) is 18.9 Å². The van der Waals surface area contributed by atoms with Crippen LogP contribution in [0, 0.1) is 5.92 Å². The van der Waals surface area contributed by atoms with E-state index in [9.17, 15) is 14.0 Å². The molecule has 0 aromatic rings. The number of rotatable bonds is 12. The van der Waals surface area contributed by atoms with Gasteiger partial charge in [-0.3, -0.25) is 9.59 Å². The SMILES string of the molecule is CCCCC(CC)COC(=O)CCCC(=O)OCCF. The second-order valence-electron chi connectivity index (χ2n) is 4.86. The molecule has 1 unspecified atom stereocenters. The van der Waals surface area contributed by atoms with Crippen LogP contribution in [0.1, 0.15) is 58.8 Å². The first-order valence-corrected chi connectivity index (χ1v) is 7.51. The third-order valence-corrected chi connectivity index (χ3v) is 3.13. The number of hydrogen-bond donors (Lipinski definition) is 0. The van der Waals surface area contributed by atoms with Crippen molar-refractivity contribution in [2.24, 2.45) is 5.92 Å². The van der Waals surface area contributed by atoms with Gasteiger partial charge in [-0.25, -0.2) is 4.39 Å². The zero-order chi connectivity index (χ0) is 15.2. The maximum Gasteiger partial charge on any atom is 0.305 e. The van der Waals surface area contributed by atoms with Gasteiger partial charge in [0, 0.05) is 12.8 Å². The van der Waals surface area contributed by atoms with Gasteiger partial charge < -0.3 is 9.47 Å². The molecule has 0 rings (SSSR count). The summed E-state index contributed by atoms with van der Waals surface area (Å²) in [5, 5.41) is 0. The number of carbonyl (C=O) groups is 2. The second kappa shape index (κ2) is 12.9. The number of esters is 2. The zero-order valence-electron chi connectivity index (χ0n) is 12.7. The summed E-state index contributed by atoms with van der Waals surface area (Å²) in [6.07, 6.45) is 5.09. The first-order chi connectivity index (χ1) is 9.63. The van der Waals surface area contributed by atoms with Crippen LogP contribution in [0.15, 0.2) is 0 Å². The Balaban J connectivity index is 3.64. The van der Waals surface area contributed by atoms with Crippen molar-refractivity contribution in [1.29, 1.82) is 0 Å². The smallest absolute Gasteiger partial charge is 0.305 e. The van der Waals surface area contributed by atoms with E-state index in [1.54, 1.807) is 0 Å². The number of alkyl halides is 1. The molecule has 0 spiro atoms. The van der Waals surface area contributed by atoms with E-state index >= 15 is 0 Å². The van der Waals surface area contributed by atoms with Crippen molar-refractivity contribution in [1.82, 2.24) is 0 Å². The molecule has 0 saturated heterocycles. The van der Waals surface area contributed by atoms with Crippen LogP contribution in [0.2, 0.25) is 0 Å². The van der Waals surface area contributed by atoms with E-state index in [-0.39, 0.29) is 25.4 Å². The molecular formula is C15H27FO4. The third kappa shape index (κ3) is 10.8. The molecule has 0 radical (unpaired) electrons. The highest BCUT2D eigenvalue weighted by atomic mass is 19.1. The monoisotopic (exact) mass is 290 g/mol. The van der Waals surface area contributed by atoms with Gasteiger partial charge in [-0.15, -0.1) is 0 Å². The third-order valence-electron chi connectivity index (χ3n) is 3.13. The number of halogens is 1. The summed E-state index contributed by atoms with van der Waals surface area (Å²) in [5.41, 5.74) is 0. The van der Waals surface area contributed by atoms with Gasteiger partial charge in [-0.05, 0) is 18.8 Å². The Labute approximate surface area is 121 Å². The Morgan fingerprint density at radius 2 is 1.70 bits per heavy atom. The molecule has 118 valence electrons. The second-order valence-corrected chi connectivity index (χ2v) is 4.86. The first kappa shape index (κ1) is 18.9. The van der Waals surface area contributed by atoms with E-state index < -0.39 is 12.6 Å². The van der Waals surface area contributed by atoms with Gasteiger partial charge in [0.1, 0.15) is 13.3 Å². The predicted octanol–water partition coefficient (Wildman–Crippen LogP) is 3.43. The summed E-state index contributed by atoms with van der Waals surface area (Å²) >= 11 is 0. The molecule has 0 aliphatic rings. The van der Waals surface area contributed by atoms with Gasteiger partial charge in [0.25, 0.3) is 0 Å². The molecule has 0 aromatic heterocycles. The van der Waals surface area contributed by atoms with Gasteiger partial charge in [-0.1, -0.05) is 33.1 Å². The topological polar surface area (TPSA) is 52.6 Å². The van der Waals surface area contributed by atoms with Crippen molar-refractivity contribution in [3.63, 3.8) is 0 Å². The van der Waals surface area contributed by atoms with Crippen molar-refractivity contribution in [3.8, 4) is 0 Å². The summed E-state index contributed by atoms with van der Waals surface area (Å²) in [6.45, 7) is 3.81. The van der Waals surface area contributed by atoms with E-state index in [2.05, 4.69) is 18.6 Å². The standard InChI is InChI=1S/C15H27FO4/c1-3-5-7-13(4-2)12-20-15(18)9-6-8-14(17)19-11-10-16/h13H,3-12H2,1-2H3. The summed E-state index contributed by atoms with van der Waals surface area (Å²) < 4.78 is 21.5. The molecule has 0 amide bonds. The van der Waals surface area contributed by atoms with E-state index in [0.717, 1.165) is 25.7 Å². The van der Waals surface area contributed by atoms with Crippen molar-refractivity contribution < 1.29 is 23.5 Å². The summed E-state index contributed by atoms with van der Waals surface area (Å²) in [6, 6.07) is 0. The van der Waals surface area contributed by atoms with Gasteiger partial charge in [-0.2, -0.15) is 0 Å². The van der Waals surface area contributed by atoms with Gasteiger partial charge in [0.05, 0.1) is 6.61 Å². The van der Waals surface area contributed by atoms with Crippen LogP contribution in [0.3, 0.4) is 0 Å². The quantitative estimate of drug-likeness (QED) is 0.517. The Kier molecular flexibility index (Phi) is 12.2. The molecule has 0 bridgehead atoms. The first-order valence-electron chi connectivity index (χ1n) is 7.51. The minimum Gasteiger partial charge on any atom is -0.465 e. The lowest BCUT2D eigenvalue weighted by Gasteiger charge is -2.14. The van der Waals surface area contributed by atoms with Gasteiger partial charge >= 0.3 is 11.9 Å². The van der Waals surface area contributed by atoms with Crippen molar-refractivity contribution in [2.75, 3.05) is 19.9 Å². The highest BCUT2D eigenvalue weighted by molar-refractivity contribution is 5.72. The maximum atomic E-state index is 11.8. The molecular weight excluding hydrogens is 263 g/mol. The van der Waals surface area contributed by atoms with Crippen molar-refractivity contribution in [2.45, 2.75) is 58.8 Å². The predicted molar refractivity (Wildman–Crippen MR) is 75.1 cm³/mol. The molecule has 0 fully saturated rings. The highest BCUT2D eigenvalue weighted by Gasteiger charge is 2.11. The minimum absolute atomic E-state index is 0.127. The molecule has 1 atom stereocenters. The number of carbonyl (C=O) groups excluding carboxylic acids is 2. The molecule has 20 heavy (non-hydrogen) atoms. The molecule has 0 aliphatic carbocycles. The van der Waals surface area contributed by atoms with Gasteiger partial charge in [0.15, 0.2) is 0 Å². The fourth-order valence-corrected chi connectivity index (χ4v) is 1.78. The Morgan fingerprint density at radius 1 is 1.05 bits per heavy atom. The van der Waals surface area contributed by atoms with Crippen LogP contribution in [0.25, 0.3) is 0 Å². The molecule has 0 N–H and O–H groups in total. The summed E-state index contributed by atoms with van der Waals surface area (Å²) in [4.78, 5) is 22.6. The number of hydrogen-bond acceptors (Lipinski definition) is 4. The van der Waals surface area contributed by atoms with Crippen molar-refractivity contribution in [3.05, 3.63) is 0 Å². The highest BCUT2D eigenvalue weighted by Crippen LogP contribution is 2.13. The number of unbranched alkanes of at least 4 members (excludes halogenated alkanes) is 1. The zero-order valence-corrected chi connectivity index (χ0v) is 12.7. The average molecular weight is 290 g/mol. The lowest BCUT2D eigenvalue weighted by atomic mass is 10.0. The molecule has 0 aliphatic heterocycles. The average Bonchev–Trinajstić information content (AvgIpc) is 2.45. The van der Waals surface area contributed by atoms with Gasteiger partial charge in [0.2, 0.25) is 0 Å².